The van der Waals surface area contributed by atoms with Crippen LogP contribution in [0.4, 0.5) is 9.59 Å². The number of rotatable bonds is 3. The SMILES string of the molecule is CCC1C(c2ccc(C)cc2)OC(=O)N1C(=O)NC1CCC(C)CC1. The number of hydrogen-bond acceptors (Lipinski definition) is 3. The number of amides is 3. The minimum Gasteiger partial charge on any atom is -0.439 e. The molecule has 2 atom stereocenters. The summed E-state index contributed by atoms with van der Waals surface area (Å²) in [6, 6.07) is 7.53. The molecule has 1 N–H and O–H groups in total. The van der Waals surface area contributed by atoms with E-state index in [9.17, 15) is 9.59 Å². The Morgan fingerprint density at radius 3 is 2.44 bits per heavy atom. The highest BCUT2D eigenvalue weighted by atomic mass is 16.6. The number of benzene rings is 1. The Kier molecular flexibility index (Phi) is 5.30. The van der Waals surface area contributed by atoms with Crippen LogP contribution in [0.5, 0.6) is 0 Å². The lowest BCUT2D eigenvalue weighted by Crippen LogP contribution is -2.49. The molecular weight excluding hydrogens is 316 g/mol. The quantitative estimate of drug-likeness (QED) is 0.875. The van der Waals surface area contributed by atoms with Crippen LogP contribution in [0.15, 0.2) is 24.3 Å². The molecule has 1 aliphatic heterocycles. The summed E-state index contributed by atoms with van der Waals surface area (Å²) in [4.78, 5) is 26.4. The molecule has 5 nitrogen and oxygen atoms in total. The van der Waals surface area contributed by atoms with Gasteiger partial charge >= 0.3 is 12.1 Å². The second-order valence-corrected chi connectivity index (χ2v) is 7.47. The Morgan fingerprint density at radius 2 is 1.84 bits per heavy atom. The fourth-order valence-corrected chi connectivity index (χ4v) is 3.84. The highest BCUT2D eigenvalue weighted by Gasteiger charge is 2.45. The largest absolute Gasteiger partial charge is 0.439 e. The molecule has 1 aromatic rings. The lowest BCUT2D eigenvalue weighted by Gasteiger charge is -2.29. The van der Waals surface area contributed by atoms with Crippen molar-refractivity contribution in [3.63, 3.8) is 0 Å². The zero-order valence-corrected chi connectivity index (χ0v) is 15.3. The van der Waals surface area contributed by atoms with Crippen LogP contribution in [0.3, 0.4) is 0 Å². The first-order valence-corrected chi connectivity index (χ1v) is 9.36. The number of urea groups is 1. The van der Waals surface area contributed by atoms with Gasteiger partial charge in [0.05, 0.1) is 6.04 Å². The Labute approximate surface area is 149 Å². The molecule has 0 aromatic heterocycles. The fourth-order valence-electron chi connectivity index (χ4n) is 3.84. The van der Waals surface area contributed by atoms with Crippen molar-refractivity contribution in [2.45, 2.75) is 71.1 Å². The number of carbonyl (C=O) groups excluding carboxylic acids is 2. The molecule has 0 radical (unpaired) electrons. The highest BCUT2D eigenvalue weighted by Crippen LogP contribution is 2.35. The van der Waals surface area contributed by atoms with Gasteiger partial charge in [0.1, 0.15) is 6.10 Å². The molecule has 1 heterocycles. The van der Waals surface area contributed by atoms with E-state index in [2.05, 4.69) is 12.2 Å². The summed E-state index contributed by atoms with van der Waals surface area (Å²) in [7, 11) is 0. The first kappa shape index (κ1) is 17.8. The second kappa shape index (κ2) is 7.46. The molecule has 3 amide bonds. The van der Waals surface area contributed by atoms with Crippen molar-refractivity contribution in [3.05, 3.63) is 35.4 Å². The molecule has 1 saturated carbocycles. The number of cyclic esters (lactones) is 1. The number of nitrogens with zero attached hydrogens (tertiary/aromatic N) is 1. The third kappa shape index (κ3) is 3.80. The molecule has 2 fully saturated rings. The van der Waals surface area contributed by atoms with Crippen molar-refractivity contribution >= 4 is 12.1 Å². The monoisotopic (exact) mass is 344 g/mol. The van der Waals surface area contributed by atoms with Gasteiger partial charge in [0, 0.05) is 6.04 Å². The zero-order chi connectivity index (χ0) is 18.0. The maximum absolute atomic E-state index is 12.7. The van der Waals surface area contributed by atoms with E-state index in [0.29, 0.717) is 6.42 Å². The van der Waals surface area contributed by atoms with E-state index < -0.39 is 12.2 Å². The summed E-state index contributed by atoms with van der Waals surface area (Å²) >= 11 is 0. The van der Waals surface area contributed by atoms with Crippen molar-refractivity contribution in [3.8, 4) is 0 Å². The van der Waals surface area contributed by atoms with E-state index in [1.807, 2.05) is 38.1 Å². The number of nitrogens with one attached hydrogen (secondary N) is 1. The highest BCUT2D eigenvalue weighted by molar-refractivity contribution is 5.93. The van der Waals surface area contributed by atoms with Gasteiger partial charge in [0.2, 0.25) is 0 Å². The fraction of sp³-hybridized carbons (Fsp3) is 0.600. The predicted molar refractivity (Wildman–Crippen MR) is 96.3 cm³/mol. The predicted octanol–water partition coefficient (Wildman–Crippen LogP) is 4.56. The molecule has 25 heavy (non-hydrogen) atoms. The third-order valence-corrected chi connectivity index (χ3v) is 5.49. The molecule has 1 saturated heterocycles. The normalized spacial score (nSPS) is 29.4. The summed E-state index contributed by atoms with van der Waals surface area (Å²) in [6.07, 6.45) is 3.94. The van der Waals surface area contributed by atoms with Crippen molar-refractivity contribution in [1.29, 1.82) is 0 Å². The number of carbonyl (C=O) groups is 2. The van der Waals surface area contributed by atoms with Crippen LogP contribution in [-0.2, 0) is 4.74 Å². The molecule has 0 bridgehead atoms. The van der Waals surface area contributed by atoms with Crippen molar-refractivity contribution in [1.82, 2.24) is 10.2 Å². The summed E-state index contributed by atoms with van der Waals surface area (Å²) < 4.78 is 5.56. The van der Waals surface area contributed by atoms with Crippen molar-refractivity contribution in [2.24, 2.45) is 5.92 Å². The summed E-state index contributed by atoms with van der Waals surface area (Å²) in [5, 5.41) is 3.04. The van der Waals surface area contributed by atoms with Crippen LogP contribution < -0.4 is 5.32 Å². The Hall–Kier alpha value is -2.04. The molecular formula is C20H28N2O3. The van der Waals surface area contributed by atoms with E-state index in [1.54, 1.807) is 0 Å². The van der Waals surface area contributed by atoms with Gasteiger partial charge in [0.25, 0.3) is 0 Å². The molecule has 2 aliphatic rings. The third-order valence-electron chi connectivity index (χ3n) is 5.49. The van der Waals surface area contributed by atoms with Gasteiger partial charge in [-0.25, -0.2) is 14.5 Å². The van der Waals surface area contributed by atoms with E-state index >= 15 is 0 Å². The second-order valence-electron chi connectivity index (χ2n) is 7.47. The van der Waals surface area contributed by atoms with Crippen LogP contribution in [0.25, 0.3) is 0 Å². The van der Waals surface area contributed by atoms with Crippen molar-refractivity contribution in [2.75, 3.05) is 0 Å². The van der Waals surface area contributed by atoms with Crippen LogP contribution in [0, 0.1) is 12.8 Å². The molecule has 3 rings (SSSR count). The minimum atomic E-state index is -0.542. The maximum Gasteiger partial charge on any atom is 0.419 e. The summed E-state index contributed by atoms with van der Waals surface area (Å²) in [5.74, 6) is 0.721. The van der Waals surface area contributed by atoms with Crippen molar-refractivity contribution < 1.29 is 14.3 Å². The average Bonchev–Trinajstić information content (AvgIpc) is 2.94. The molecule has 0 spiro atoms. The Bertz CT molecular complexity index is 620. The topological polar surface area (TPSA) is 58.6 Å². The van der Waals surface area contributed by atoms with Gasteiger partial charge in [-0.1, -0.05) is 43.7 Å². The number of imide groups is 1. The van der Waals surface area contributed by atoms with Gasteiger partial charge in [-0.3, -0.25) is 0 Å². The maximum atomic E-state index is 12.7. The average molecular weight is 344 g/mol. The molecule has 136 valence electrons. The lowest BCUT2D eigenvalue weighted by atomic mass is 9.87. The van der Waals surface area contributed by atoms with Crippen LogP contribution in [0.1, 0.15) is 63.2 Å². The first-order valence-electron chi connectivity index (χ1n) is 9.36. The van der Waals surface area contributed by atoms with Gasteiger partial charge < -0.3 is 10.1 Å². The molecule has 1 aliphatic carbocycles. The number of aryl methyl sites for hydroxylation is 1. The summed E-state index contributed by atoms with van der Waals surface area (Å²) in [5.41, 5.74) is 2.09. The number of hydrogen-bond donors (Lipinski definition) is 1. The summed E-state index contributed by atoms with van der Waals surface area (Å²) in [6.45, 7) is 6.25. The van der Waals surface area contributed by atoms with E-state index in [1.165, 1.54) is 4.90 Å². The van der Waals surface area contributed by atoms with E-state index in [4.69, 9.17) is 4.74 Å². The lowest BCUT2D eigenvalue weighted by molar-refractivity contribution is 0.130. The zero-order valence-electron chi connectivity index (χ0n) is 15.3. The van der Waals surface area contributed by atoms with Crippen LogP contribution >= 0.6 is 0 Å². The van der Waals surface area contributed by atoms with Gasteiger partial charge in [-0.05, 0) is 50.5 Å². The van der Waals surface area contributed by atoms with E-state index in [0.717, 1.165) is 42.7 Å². The van der Waals surface area contributed by atoms with Crippen LogP contribution in [0.2, 0.25) is 0 Å². The molecule has 1 aromatic carbocycles. The Morgan fingerprint density at radius 1 is 1.20 bits per heavy atom. The van der Waals surface area contributed by atoms with Gasteiger partial charge in [-0.2, -0.15) is 0 Å². The van der Waals surface area contributed by atoms with Crippen LogP contribution in [-0.4, -0.2) is 29.1 Å². The van der Waals surface area contributed by atoms with E-state index in [-0.39, 0.29) is 18.1 Å². The van der Waals surface area contributed by atoms with Gasteiger partial charge in [-0.15, -0.1) is 0 Å². The molecule has 2 unspecified atom stereocenters. The first-order chi connectivity index (χ1) is 12.0. The minimum absolute atomic E-state index is 0.160. The van der Waals surface area contributed by atoms with Gasteiger partial charge in [0.15, 0.2) is 0 Å². The smallest absolute Gasteiger partial charge is 0.419 e. The Balaban J connectivity index is 1.71. The number of ether oxygens (including phenoxy) is 1. The standard InChI is InChI=1S/C20H28N2O3/c1-4-17-18(15-9-5-13(2)6-10-15)25-20(24)22(17)19(23)21-16-11-7-14(3)8-12-16/h5-6,9-10,14,16-18H,4,7-8,11-12H2,1-3H3,(H,21,23). The molecule has 5 heteroatoms.